The topological polar surface area (TPSA) is 46.2 Å². The molecule has 0 saturated carbocycles. The van der Waals surface area contributed by atoms with Crippen molar-refractivity contribution in [3.8, 4) is 0 Å². The summed E-state index contributed by atoms with van der Waals surface area (Å²) in [5.41, 5.74) is 1.06. The number of rotatable bonds is 11. The van der Waals surface area contributed by atoms with E-state index in [1.54, 1.807) is 12.1 Å². The molecule has 0 radical (unpaired) electrons. The van der Waals surface area contributed by atoms with Gasteiger partial charge in [-0.1, -0.05) is 68.5 Å². The minimum atomic E-state index is -6.00. The summed E-state index contributed by atoms with van der Waals surface area (Å²) in [6, 6.07) is 17.4. The minimum absolute atomic E-state index is 0.00762. The van der Waals surface area contributed by atoms with E-state index in [2.05, 4.69) is 30.0 Å². The van der Waals surface area contributed by atoms with E-state index >= 15 is 0 Å². The second-order valence-electron chi connectivity index (χ2n) is 7.59. The van der Waals surface area contributed by atoms with Crippen molar-refractivity contribution in [3.05, 3.63) is 60.2 Å². The molecule has 2 aromatic rings. The van der Waals surface area contributed by atoms with Gasteiger partial charge in [0, 0.05) is 10.9 Å². The number of nitrogens with one attached hydrogen (secondary N) is 1. The highest BCUT2D eigenvalue weighted by Gasteiger charge is 2.26. The first kappa shape index (κ1) is 28.5. The van der Waals surface area contributed by atoms with Crippen molar-refractivity contribution in [2.75, 3.05) is 12.0 Å². The maximum atomic E-state index is 12.9. The zero-order valence-corrected chi connectivity index (χ0v) is 20.4. The van der Waals surface area contributed by atoms with Crippen LogP contribution in [0.25, 0.3) is 0 Å². The Morgan fingerprint density at radius 3 is 2.03 bits per heavy atom. The SMILES string of the molecule is CCCCCC[C@H](C[S+](C)c1ccccc1)NS(=O)(=O)c1ccc(C)cc1.F[B-](F)(F)F. The number of halogens is 4. The van der Waals surface area contributed by atoms with Crippen LogP contribution in [0.1, 0.15) is 44.6 Å². The Bertz CT molecular complexity index is 873. The fourth-order valence-corrected chi connectivity index (χ4v) is 6.09. The minimum Gasteiger partial charge on any atom is -0.418 e. The molecule has 2 rings (SSSR count). The van der Waals surface area contributed by atoms with Gasteiger partial charge in [0.15, 0.2) is 4.90 Å². The zero-order valence-electron chi connectivity index (χ0n) is 18.7. The van der Waals surface area contributed by atoms with Crippen LogP contribution in [-0.2, 0) is 20.9 Å². The molecular formula is C22H32BF4NO2S2. The van der Waals surface area contributed by atoms with Crippen LogP contribution in [0.4, 0.5) is 17.3 Å². The van der Waals surface area contributed by atoms with Crippen molar-refractivity contribution in [3.63, 3.8) is 0 Å². The van der Waals surface area contributed by atoms with Crippen LogP contribution in [0.2, 0.25) is 0 Å². The predicted octanol–water partition coefficient (Wildman–Crippen LogP) is 6.22. The molecule has 0 aromatic heterocycles. The van der Waals surface area contributed by atoms with Gasteiger partial charge in [0.25, 0.3) is 0 Å². The largest absolute Gasteiger partial charge is 0.673 e. The van der Waals surface area contributed by atoms with Gasteiger partial charge in [-0.25, -0.2) is 13.1 Å². The summed E-state index contributed by atoms with van der Waals surface area (Å²) in [6.45, 7) is 4.15. The highest BCUT2D eigenvalue weighted by Crippen LogP contribution is 2.18. The van der Waals surface area contributed by atoms with Crippen LogP contribution in [0.15, 0.2) is 64.4 Å². The lowest BCUT2D eigenvalue weighted by Gasteiger charge is -2.18. The van der Waals surface area contributed by atoms with E-state index in [1.165, 1.54) is 17.7 Å². The lowest BCUT2D eigenvalue weighted by Crippen LogP contribution is -2.39. The van der Waals surface area contributed by atoms with E-state index in [0.717, 1.165) is 30.6 Å². The molecule has 180 valence electrons. The average molecular weight is 493 g/mol. The molecule has 0 aliphatic carbocycles. The average Bonchev–Trinajstić information content (AvgIpc) is 2.70. The highest BCUT2D eigenvalue weighted by molar-refractivity contribution is 7.96. The number of aryl methyl sites for hydroxylation is 1. The zero-order chi connectivity index (χ0) is 24.2. The number of hydrogen-bond donors (Lipinski definition) is 1. The van der Waals surface area contributed by atoms with Gasteiger partial charge in [-0.15, -0.1) is 0 Å². The summed E-state index contributed by atoms with van der Waals surface area (Å²) in [5, 5.41) is 0. The smallest absolute Gasteiger partial charge is 0.418 e. The van der Waals surface area contributed by atoms with Crippen molar-refractivity contribution in [2.24, 2.45) is 0 Å². The van der Waals surface area contributed by atoms with Gasteiger partial charge in [0.1, 0.15) is 12.0 Å². The van der Waals surface area contributed by atoms with Crippen LogP contribution >= 0.6 is 0 Å². The quantitative estimate of drug-likeness (QED) is 0.175. The van der Waals surface area contributed by atoms with E-state index < -0.39 is 17.3 Å². The van der Waals surface area contributed by atoms with E-state index in [9.17, 15) is 25.7 Å². The molecule has 0 aliphatic heterocycles. The fourth-order valence-electron chi connectivity index (χ4n) is 3.05. The van der Waals surface area contributed by atoms with Crippen molar-refractivity contribution in [1.82, 2.24) is 4.72 Å². The Hall–Kier alpha value is -1.52. The Morgan fingerprint density at radius 1 is 0.938 bits per heavy atom. The molecule has 0 amide bonds. The second-order valence-corrected chi connectivity index (χ2v) is 11.4. The normalized spacial score (nSPS) is 13.7. The number of sulfonamides is 1. The standard InChI is InChI=1S/C22H32NO2S2.BF4/c1-4-5-6-8-11-20(18-26(3)21-12-9-7-10-13-21)23-27(24,25)22-16-14-19(2)15-17-22;2-1(3,4)5/h7,9-10,12-17,20,23H,4-6,8,11,18H2,1-3H3;/q+1;-1/t20-,26?;/m1./s1. The molecule has 0 aliphatic rings. The molecule has 0 fully saturated rings. The molecule has 0 bridgehead atoms. The van der Waals surface area contributed by atoms with Gasteiger partial charge < -0.3 is 17.3 Å². The first-order chi connectivity index (χ1) is 14.9. The summed E-state index contributed by atoms with van der Waals surface area (Å²) >= 11 is 0. The molecule has 3 nitrogen and oxygen atoms in total. The van der Waals surface area contributed by atoms with Crippen LogP contribution in [0.5, 0.6) is 0 Å². The lowest BCUT2D eigenvalue weighted by molar-refractivity contribution is 0.368. The van der Waals surface area contributed by atoms with E-state index in [0.29, 0.717) is 4.90 Å². The predicted molar refractivity (Wildman–Crippen MR) is 127 cm³/mol. The number of benzene rings is 2. The van der Waals surface area contributed by atoms with Crippen LogP contribution in [0, 0.1) is 6.92 Å². The van der Waals surface area contributed by atoms with Crippen molar-refractivity contribution < 1.29 is 25.7 Å². The second kappa shape index (κ2) is 13.9. The Morgan fingerprint density at radius 2 is 1.50 bits per heavy atom. The third-order valence-corrected chi connectivity index (χ3v) is 8.17. The van der Waals surface area contributed by atoms with Gasteiger partial charge in [0.2, 0.25) is 10.0 Å². The van der Waals surface area contributed by atoms with E-state index in [1.807, 2.05) is 37.3 Å². The molecule has 2 aromatic carbocycles. The molecule has 10 heteroatoms. The molecule has 0 heterocycles. The fraction of sp³-hybridized carbons (Fsp3) is 0.455. The van der Waals surface area contributed by atoms with Gasteiger partial charge >= 0.3 is 7.25 Å². The van der Waals surface area contributed by atoms with Crippen LogP contribution in [0.3, 0.4) is 0 Å². The van der Waals surface area contributed by atoms with E-state index in [4.69, 9.17) is 0 Å². The third kappa shape index (κ3) is 12.5. The maximum absolute atomic E-state index is 12.9. The maximum Gasteiger partial charge on any atom is 0.673 e. The molecule has 1 unspecified atom stereocenters. The van der Waals surface area contributed by atoms with E-state index in [-0.39, 0.29) is 16.9 Å². The lowest BCUT2D eigenvalue weighted by atomic mass is 10.1. The summed E-state index contributed by atoms with van der Waals surface area (Å²) in [5.74, 6) is 0.835. The first-order valence-corrected chi connectivity index (χ1v) is 13.8. The Kier molecular flexibility index (Phi) is 12.4. The van der Waals surface area contributed by atoms with Crippen molar-refractivity contribution in [1.29, 1.82) is 0 Å². The van der Waals surface area contributed by atoms with Crippen LogP contribution < -0.4 is 4.72 Å². The van der Waals surface area contributed by atoms with Gasteiger partial charge in [0.05, 0.1) is 10.9 Å². The third-order valence-electron chi connectivity index (χ3n) is 4.66. The monoisotopic (exact) mass is 493 g/mol. The molecule has 1 N–H and O–H groups in total. The molecule has 0 saturated heterocycles. The van der Waals surface area contributed by atoms with Crippen molar-refractivity contribution >= 4 is 28.2 Å². The molecular weight excluding hydrogens is 461 g/mol. The van der Waals surface area contributed by atoms with Gasteiger partial charge in [-0.3, -0.25) is 0 Å². The first-order valence-electron chi connectivity index (χ1n) is 10.6. The van der Waals surface area contributed by atoms with Crippen molar-refractivity contribution in [2.45, 2.75) is 61.8 Å². The molecule has 32 heavy (non-hydrogen) atoms. The Labute approximate surface area is 192 Å². The summed E-state index contributed by atoms with van der Waals surface area (Å²) in [4.78, 5) is 1.63. The van der Waals surface area contributed by atoms with Gasteiger partial charge in [-0.05, 0) is 37.6 Å². The highest BCUT2D eigenvalue weighted by atomic mass is 32.2. The van der Waals surface area contributed by atoms with Crippen LogP contribution in [-0.4, -0.2) is 33.7 Å². The summed E-state index contributed by atoms with van der Waals surface area (Å²) in [7, 11) is -9.48. The Balaban J connectivity index is 0.000000920. The van der Waals surface area contributed by atoms with Gasteiger partial charge in [-0.2, -0.15) is 0 Å². The molecule has 0 spiro atoms. The number of hydrogen-bond acceptors (Lipinski definition) is 2. The number of unbranched alkanes of at least 4 members (excludes halogenated alkanes) is 3. The molecule has 2 atom stereocenters. The summed E-state index contributed by atoms with van der Waals surface area (Å²) in [6.07, 6.45) is 7.68. The summed E-state index contributed by atoms with van der Waals surface area (Å²) < 4.78 is 67.7.